The van der Waals surface area contributed by atoms with Crippen molar-refractivity contribution in [3.63, 3.8) is 0 Å². The number of aliphatic hydroxyl groups excluding tert-OH is 6. The highest BCUT2D eigenvalue weighted by Gasteiger charge is 2.44. The van der Waals surface area contributed by atoms with Crippen LogP contribution in [-0.4, -0.2) is 98.7 Å². The zero-order chi connectivity index (χ0) is 32.6. The molecule has 1 heterocycles. The lowest BCUT2D eigenvalue weighted by Crippen LogP contribution is -2.60. The molecule has 1 amide bonds. The van der Waals surface area contributed by atoms with Crippen LogP contribution in [0.5, 0.6) is 0 Å². The Hall–Kier alpha value is -0.850. The number of nitrogens with one attached hydrogen (secondary N) is 1. The molecule has 0 aliphatic carbocycles. The molecular formula is C34H67NO9. The standard InChI is InChI=1S/C34H67NO9/c1-3-5-7-8-9-10-11-12-13-14-15-16-17-18-19-21-23-29(38)35-26(30(39)27(37)22-20-6-4-2)25-43-34-33(42)32(41)31(40)28(24-36)44-34/h26-28,30-34,36-37,39-42H,3-25H2,1-2H3,(H,35,38)/t26-,27+,28+,30-,31-,32-,33+,34-/m0/s1. The summed E-state index contributed by atoms with van der Waals surface area (Å²) in [7, 11) is 0. The van der Waals surface area contributed by atoms with Crippen molar-refractivity contribution in [1.29, 1.82) is 0 Å². The Bertz CT molecular complexity index is 683. The van der Waals surface area contributed by atoms with Crippen molar-refractivity contribution < 1.29 is 44.9 Å². The molecule has 0 saturated carbocycles. The number of carbonyl (C=O) groups excluding carboxylic acids is 1. The lowest BCUT2D eigenvalue weighted by molar-refractivity contribution is -0.303. The first-order valence-electron chi connectivity index (χ1n) is 17.8. The van der Waals surface area contributed by atoms with E-state index >= 15 is 0 Å². The average Bonchev–Trinajstić information content (AvgIpc) is 3.02. The molecule has 0 spiro atoms. The predicted molar refractivity (Wildman–Crippen MR) is 172 cm³/mol. The van der Waals surface area contributed by atoms with Crippen LogP contribution in [0.25, 0.3) is 0 Å². The third kappa shape index (κ3) is 17.7. The summed E-state index contributed by atoms with van der Waals surface area (Å²) in [5.41, 5.74) is 0. The van der Waals surface area contributed by atoms with Gasteiger partial charge in [0.1, 0.15) is 30.5 Å². The predicted octanol–water partition coefficient (Wildman–Crippen LogP) is 4.24. The number of carbonyl (C=O) groups is 1. The van der Waals surface area contributed by atoms with Crippen LogP contribution in [-0.2, 0) is 14.3 Å². The Labute approximate surface area is 266 Å². The number of hydrogen-bond donors (Lipinski definition) is 7. The topological polar surface area (TPSA) is 169 Å². The van der Waals surface area contributed by atoms with Crippen molar-refractivity contribution in [2.45, 2.75) is 198 Å². The number of unbranched alkanes of at least 4 members (excludes halogenated alkanes) is 17. The van der Waals surface area contributed by atoms with E-state index < -0.39 is 55.6 Å². The van der Waals surface area contributed by atoms with Crippen molar-refractivity contribution in [2.75, 3.05) is 13.2 Å². The highest BCUT2D eigenvalue weighted by molar-refractivity contribution is 5.76. The van der Waals surface area contributed by atoms with Crippen molar-refractivity contribution in [3.8, 4) is 0 Å². The van der Waals surface area contributed by atoms with E-state index in [9.17, 15) is 35.4 Å². The molecular weight excluding hydrogens is 566 g/mol. The van der Waals surface area contributed by atoms with Gasteiger partial charge in [0.05, 0.1) is 25.4 Å². The van der Waals surface area contributed by atoms with Crippen LogP contribution < -0.4 is 5.32 Å². The molecule has 0 aromatic heterocycles. The van der Waals surface area contributed by atoms with Gasteiger partial charge < -0.3 is 45.4 Å². The minimum atomic E-state index is -1.60. The summed E-state index contributed by atoms with van der Waals surface area (Å²) in [6.07, 6.45) is 13.6. The molecule has 0 aromatic rings. The molecule has 0 aromatic carbocycles. The molecule has 44 heavy (non-hydrogen) atoms. The van der Waals surface area contributed by atoms with Crippen LogP contribution in [0.4, 0.5) is 0 Å². The van der Waals surface area contributed by atoms with Crippen LogP contribution in [0.2, 0.25) is 0 Å². The van der Waals surface area contributed by atoms with Gasteiger partial charge >= 0.3 is 0 Å². The van der Waals surface area contributed by atoms with Gasteiger partial charge in [-0.2, -0.15) is 0 Å². The fourth-order valence-corrected chi connectivity index (χ4v) is 5.78. The van der Waals surface area contributed by atoms with Crippen molar-refractivity contribution in [3.05, 3.63) is 0 Å². The summed E-state index contributed by atoms with van der Waals surface area (Å²) in [5, 5.41) is 63.9. The van der Waals surface area contributed by atoms with Crippen LogP contribution in [0.15, 0.2) is 0 Å². The average molecular weight is 634 g/mol. The van der Waals surface area contributed by atoms with Crippen LogP contribution in [0, 0.1) is 0 Å². The van der Waals surface area contributed by atoms with Gasteiger partial charge in [-0.15, -0.1) is 0 Å². The summed E-state index contributed by atoms with van der Waals surface area (Å²) in [5.74, 6) is -0.266. The third-order valence-corrected chi connectivity index (χ3v) is 8.80. The second-order valence-corrected chi connectivity index (χ2v) is 12.8. The molecule has 8 atom stereocenters. The van der Waals surface area contributed by atoms with Crippen LogP contribution >= 0.6 is 0 Å². The first-order valence-corrected chi connectivity index (χ1v) is 17.8. The summed E-state index contributed by atoms with van der Waals surface area (Å²) >= 11 is 0. The van der Waals surface area contributed by atoms with E-state index in [4.69, 9.17) is 9.47 Å². The first-order chi connectivity index (χ1) is 21.3. The highest BCUT2D eigenvalue weighted by Crippen LogP contribution is 2.23. The lowest BCUT2D eigenvalue weighted by atomic mass is 9.99. The van der Waals surface area contributed by atoms with Crippen molar-refractivity contribution >= 4 is 5.91 Å². The summed E-state index contributed by atoms with van der Waals surface area (Å²) < 4.78 is 11.0. The van der Waals surface area contributed by atoms with E-state index in [1.807, 2.05) is 6.92 Å². The molecule has 10 nitrogen and oxygen atoms in total. The van der Waals surface area contributed by atoms with Crippen molar-refractivity contribution in [2.24, 2.45) is 0 Å². The summed E-state index contributed by atoms with van der Waals surface area (Å²) in [6.45, 7) is 3.40. The normalized spacial score (nSPS) is 24.2. The molecule has 10 heteroatoms. The lowest BCUT2D eigenvalue weighted by Gasteiger charge is -2.40. The molecule has 1 saturated heterocycles. The second-order valence-electron chi connectivity index (χ2n) is 12.8. The Kier molecular flexibility index (Phi) is 24.6. The summed E-state index contributed by atoms with van der Waals surface area (Å²) in [4.78, 5) is 12.8. The second kappa shape index (κ2) is 26.2. The molecule has 1 aliphatic heterocycles. The fraction of sp³-hybridized carbons (Fsp3) is 0.971. The summed E-state index contributed by atoms with van der Waals surface area (Å²) in [6, 6.07) is -0.979. The largest absolute Gasteiger partial charge is 0.394 e. The SMILES string of the molecule is CCCCCCCCCCCCCCCCCCC(=O)N[C@@H](CO[C@H]1O[C@H](CO)[C@H](O)[C@H](O)[C@H]1O)[C@H](O)[C@H](O)CCCCC. The van der Waals surface area contributed by atoms with Gasteiger partial charge in [-0.05, 0) is 12.8 Å². The molecule has 0 unspecified atom stereocenters. The molecule has 1 aliphatic rings. The van der Waals surface area contributed by atoms with E-state index in [1.165, 1.54) is 77.0 Å². The Balaban J connectivity index is 2.35. The van der Waals surface area contributed by atoms with E-state index in [0.29, 0.717) is 6.42 Å². The van der Waals surface area contributed by atoms with Gasteiger partial charge in [-0.1, -0.05) is 129 Å². The maximum absolute atomic E-state index is 12.8. The number of aliphatic hydroxyl groups is 6. The zero-order valence-corrected chi connectivity index (χ0v) is 27.8. The van der Waals surface area contributed by atoms with Gasteiger partial charge in [0.25, 0.3) is 0 Å². The zero-order valence-electron chi connectivity index (χ0n) is 27.8. The smallest absolute Gasteiger partial charge is 0.220 e. The number of amides is 1. The van der Waals surface area contributed by atoms with Crippen LogP contribution in [0.1, 0.15) is 149 Å². The molecule has 262 valence electrons. The fourth-order valence-electron chi connectivity index (χ4n) is 5.78. The number of rotatable bonds is 28. The quantitative estimate of drug-likeness (QED) is 0.0623. The number of ether oxygens (including phenoxy) is 2. The molecule has 1 rings (SSSR count). The maximum Gasteiger partial charge on any atom is 0.220 e. The minimum Gasteiger partial charge on any atom is -0.394 e. The van der Waals surface area contributed by atoms with Gasteiger partial charge in [0, 0.05) is 6.42 Å². The Morgan fingerprint density at radius 1 is 0.705 bits per heavy atom. The van der Waals surface area contributed by atoms with Gasteiger partial charge in [-0.3, -0.25) is 4.79 Å². The van der Waals surface area contributed by atoms with Crippen molar-refractivity contribution in [1.82, 2.24) is 5.32 Å². The number of hydrogen-bond acceptors (Lipinski definition) is 9. The maximum atomic E-state index is 12.8. The molecule has 0 bridgehead atoms. The van der Waals surface area contributed by atoms with Gasteiger partial charge in [-0.25, -0.2) is 0 Å². The monoisotopic (exact) mass is 633 g/mol. The Morgan fingerprint density at radius 3 is 1.68 bits per heavy atom. The molecule has 7 N–H and O–H groups in total. The van der Waals surface area contributed by atoms with E-state index in [0.717, 1.165) is 44.9 Å². The van der Waals surface area contributed by atoms with E-state index in [2.05, 4.69) is 12.2 Å². The molecule has 1 fully saturated rings. The van der Waals surface area contributed by atoms with Gasteiger partial charge in [0.15, 0.2) is 6.29 Å². The van der Waals surface area contributed by atoms with Gasteiger partial charge in [0.2, 0.25) is 5.91 Å². The Morgan fingerprint density at radius 2 is 1.18 bits per heavy atom. The van der Waals surface area contributed by atoms with E-state index in [1.54, 1.807) is 0 Å². The third-order valence-electron chi connectivity index (χ3n) is 8.80. The van der Waals surface area contributed by atoms with E-state index in [-0.39, 0.29) is 18.9 Å². The molecule has 0 radical (unpaired) electrons. The minimum absolute atomic E-state index is 0.266. The first kappa shape index (κ1) is 41.2. The highest BCUT2D eigenvalue weighted by atomic mass is 16.7. The van der Waals surface area contributed by atoms with Crippen LogP contribution in [0.3, 0.4) is 0 Å².